The number of aliphatic hydroxyl groups excluding tert-OH is 1. The molecule has 0 bridgehead atoms. The Labute approximate surface area is 194 Å². The number of ether oxygens (including phenoxy) is 2. The first-order valence-electron chi connectivity index (χ1n) is 11.3. The Morgan fingerprint density at radius 2 is 1.94 bits per heavy atom. The van der Waals surface area contributed by atoms with E-state index in [0.717, 1.165) is 32.4 Å². The van der Waals surface area contributed by atoms with Crippen molar-refractivity contribution >= 4 is 27.5 Å². The monoisotopic (exact) mass is 486 g/mol. The number of rotatable bonds is 4. The maximum absolute atomic E-state index is 13.5. The van der Waals surface area contributed by atoms with Gasteiger partial charge in [-0.2, -0.15) is 4.31 Å². The van der Waals surface area contributed by atoms with Crippen LogP contribution in [0.25, 0.3) is 0 Å². The first kappa shape index (κ1) is 23.9. The molecular formula is C22H31ClN2O6S. The summed E-state index contributed by atoms with van der Waals surface area (Å²) in [6, 6.07) is 5.64. The van der Waals surface area contributed by atoms with Crippen LogP contribution in [0.5, 0.6) is 0 Å². The van der Waals surface area contributed by atoms with Crippen LogP contribution in [-0.4, -0.2) is 85.8 Å². The summed E-state index contributed by atoms with van der Waals surface area (Å²) in [5, 5.41) is 10.6. The van der Waals surface area contributed by atoms with Gasteiger partial charge in [-0.3, -0.25) is 4.79 Å². The van der Waals surface area contributed by atoms with E-state index in [4.69, 9.17) is 21.1 Å². The zero-order valence-electron chi connectivity index (χ0n) is 18.1. The number of hydrogen-bond acceptors (Lipinski definition) is 6. The van der Waals surface area contributed by atoms with Crippen molar-refractivity contribution in [2.45, 2.75) is 67.8 Å². The maximum atomic E-state index is 13.5. The number of nitrogens with zero attached hydrogens (tertiary/aromatic N) is 2. The molecule has 4 rings (SSSR count). The summed E-state index contributed by atoms with van der Waals surface area (Å²) in [4.78, 5) is 14.7. The molecule has 8 nitrogen and oxygen atoms in total. The minimum Gasteiger partial charge on any atom is -0.389 e. The van der Waals surface area contributed by atoms with Crippen molar-refractivity contribution in [2.24, 2.45) is 0 Å². The second-order valence-corrected chi connectivity index (χ2v) is 11.1. The third-order valence-electron chi connectivity index (χ3n) is 6.45. The van der Waals surface area contributed by atoms with Crippen molar-refractivity contribution in [1.82, 2.24) is 9.21 Å². The van der Waals surface area contributed by atoms with Crippen molar-refractivity contribution in [3.05, 3.63) is 29.3 Å². The summed E-state index contributed by atoms with van der Waals surface area (Å²) in [5.41, 5.74) is 0. The molecule has 3 fully saturated rings. The van der Waals surface area contributed by atoms with Gasteiger partial charge in [0.05, 0.1) is 48.9 Å². The lowest BCUT2D eigenvalue weighted by Gasteiger charge is -2.43. The highest BCUT2D eigenvalue weighted by atomic mass is 35.5. The lowest BCUT2D eigenvalue weighted by molar-refractivity contribution is -0.152. The molecule has 0 spiro atoms. The first-order valence-corrected chi connectivity index (χ1v) is 13.1. The molecule has 178 valence electrons. The van der Waals surface area contributed by atoms with Gasteiger partial charge in [0.25, 0.3) is 0 Å². The number of hydrogen-bond donors (Lipinski definition) is 1. The molecule has 0 saturated carbocycles. The van der Waals surface area contributed by atoms with Crippen LogP contribution >= 0.6 is 11.6 Å². The third kappa shape index (κ3) is 5.46. The molecule has 0 radical (unpaired) electrons. The molecule has 1 N–H and O–H groups in total. The van der Waals surface area contributed by atoms with Gasteiger partial charge in [0.2, 0.25) is 15.9 Å². The van der Waals surface area contributed by atoms with E-state index >= 15 is 0 Å². The van der Waals surface area contributed by atoms with Crippen LogP contribution in [0.15, 0.2) is 29.2 Å². The lowest BCUT2D eigenvalue weighted by Crippen LogP contribution is -2.57. The van der Waals surface area contributed by atoms with E-state index in [-0.39, 0.29) is 36.7 Å². The predicted molar refractivity (Wildman–Crippen MR) is 119 cm³/mol. The van der Waals surface area contributed by atoms with E-state index in [1.54, 1.807) is 12.1 Å². The van der Waals surface area contributed by atoms with Gasteiger partial charge < -0.3 is 19.5 Å². The molecule has 3 heterocycles. The average molecular weight is 487 g/mol. The molecule has 4 atom stereocenters. The Kier molecular flexibility index (Phi) is 7.74. The zero-order chi connectivity index (χ0) is 22.7. The van der Waals surface area contributed by atoms with Crippen LogP contribution in [0.4, 0.5) is 0 Å². The summed E-state index contributed by atoms with van der Waals surface area (Å²) in [6.45, 7) is 1.69. The molecule has 0 aromatic heterocycles. The van der Waals surface area contributed by atoms with Crippen LogP contribution in [0.3, 0.4) is 0 Å². The number of sulfonamides is 1. The van der Waals surface area contributed by atoms with Gasteiger partial charge in [0.1, 0.15) is 0 Å². The number of halogens is 1. The fourth-order valence-corrected chi connectivity index (χ4v) is 6.82. The first-order chi connectivity index (χ1) is 15.3. The van der Waals surface area contributed by atoms with E-state index in [9.17, 15) is 18.3 Å². The van der Waals surface area contributed by atoms with Gasteiger partial charge in [0.15, 0.2) is 0 Å². The van der Waals surface area contributed by atoms with Gasteiger partial charge in [-0.1, -0.05) is 17.7 Å². The van der Waals surface area contributed by atoms with Crippen molar-refractivity contribution in [3.8, 4) is 0 Å². The number of fused-ring (bicyclic) bond motifs is 1. The van der Waals surface area contributed by atoms with Crippen LogP contribution < -0.4 is 0 Å². The highest BCUT2D eigenvalue weighted by Gasteiger charge is 2.43. The molecule has 32 heavy (non-hydrogen) atoms. The van der Waals surface area contributed by atoms with Crippen molar-refractivity contribution < 1.29 is 27.8 Å². The van der Waals surface area contributed by atoms with Gasteiger partial charge >= 0.3 is 0 Å². The smallest absolute Gasteiger partial charge is 0.243 e. The molecule has 1 amide bonds. The van der Waals surface area contributed by atoms with Crippen LogP contribution in [0.2, 0.25) is 5.02 Å². The second-order valence-electron chi connectivity index (χ2n) is 8.81. The van der Waals surface area contributed by atoms with E-state index in [0.29, 0.717) is 24.3 Å². The number of amides is 1. The number of aliphatic hydroxyl groups is 1. The Hall–Kier alpha value is -1.23. The normalized spacial score (nSPS) is 30.2. The molecule has 10 heteroatoms. The van der Waals surface area contributed by atoms with Crippen LogP contribution in [-0.2, 0) is 24.3 Å². The molecule has 3 saturated heterocycles. The number of β-amino-alcohol motifs (C(OH)–C–C–N with tert-alkyl or cyclic N) is 1. The van der Waals surface area contributed by atoms with Crippen LogP contribution in [0, 0.1) is 0 Å². The summed E-state index contributed by atoms with van der Waals surface area (Å²) in [7, 11) is -3.91. The summed E-state index contributed by atoms with van der Waals surface area (Å²) in [6.07, 6.45) is 2.90. The largest absolute Gasteiger partial charge is 0.389 e. The van der Waals surface area contributed by atoms with Crippen molar-refractivity contribution in [2.75, 3.05) is 32.8 Å². The number of piperidine rings is 1. The third-order valence-corrected chi connectivity index (χ3v) is 8.57. The zero-order valence-corrected chi connectivity index (χ0v) is 19.6. The topological polar surface area (TPSA) is 96.4 Å². The standard InChI is InChI=1S/C22H31ClN2O6S/c23-16-5-4-6-19(11-16)32(28,29)25-13-17(26)14-30-15-21-20(25)8-7-18(31-21)12-22(27)24-9-2-1-3-10-24/h4-6,11,17-18,20-21,26H,1-3,7-10,12-15H2/t17-,18+,20+,21-/m0/s1. The Bertz CT molecular complexity index is 907. The molecule has 3 aliphatic rings. The summed E-state index contributed by atoms with van der Waals surface area (Å²) >= 11 is 6.03. The second kappa shape index (κ2) is 10.4. The quantitative estimate of drug-likeness (QED) is 0.699. The molecule has 0 unspecified atom stereocenters. The summed E-state index contributed by atoms with van der Waals surface area (Å²) < 4.78 is 40.1. The van der Waals surface area contributed by atoms with Gasteiger partial charge in [0, 0.05) is 24.7 Å². The van der Waals surface area contributed by atoms with Crippen LogP contribution in [0.1, 0.15) is 38.5 Å². The average Bonchev–Trinajstić information content (AvgIpc) is 2.77. The number of benzene rings is 1. The van der Waals surface area contributed by atoms with Crippen molar-refractivity contribution in [1.29, 1.82) is 0 Å². The van der Waals surface area contributed by atoms with E-state index < -0.39 is 28.3 Å². The molecule has 3 aliphatic heterocycles. The lowest BCUT2D eigenvalue weighted by atomic mass is 9.96. The van der Waals surface area contributed by atoms with Gasteiger partial charge in [-0.25, -0.2) is 8.42 Å². The molecule has 1 aromatic rings. The molecule has 1 aromatic carbocycles. The number of carbonyl (C=O) groups excluding carboxylic acids is 1. The maximum Gasteiger partial charge on any atom is 0.243 e. The molecular weight excluding hydrogens is 456 g/mol. The Morgan fingerprint density at radius 3 is 2.69 bits per heavy atom. The highest BCUT2D eigenvalue weighted by Crippen LogP contribution is 2.32. The van der Waals surface area contributed by atoms with E-state index in [2.05, 4.69) is 0 Å². The Morgan fingerprint density at radius 1 is 1.16 bits per heavy atom. The number of likely N-dealkylation sites (tertiary alicyclic amines) is 1. The van der Waals surface area contributed by atoms with Crippen molar-refractivity contribution in [3.63, 3.8) is 0 Å². The SMILES string of the molecule is O=C(C[C@H]1CC[C@@H]2[C@H](COC[C@@H](O)CN2S(=O)(=O)c2cccc(Cl)c2)O1)N1CCCCC1. The van der Waals surface area contributed by atoms with E-state index in [1.807, 2.05) is 4.90 Å². The molecule has 0 aliphatic carbocycles. The summed E-state index contributed by atoms with van der Waals surface area (Å²) in [5.74, 6) is 0.0961. The minimum atomic E-state index is -3.91. The predicted octanol–water partition coefficient (Wildman–Crippen LogP) is 2.04. The fraction of sp³-hybridized carbons (Fsp3) is 0.682. The number of carbonyl (C=O) groups is 1. The Balaban J connectivity index is 1.50. The minimum absolute atomic E-state index is 0.0194. The fourth-order valence-electron chi connectivity index (χ4n) is 4.80. The van der Waals surface area contributed by atoms with Gasteiger partial charge in [-0.05, 0) is 50.3 Å². The van der Waals surface area contributed by atoms with E-state index in [1.165, 1.54) is 16.4 Å². The highest BCUT2D eigenvalue weighted by molar-refractivity contribution is 7.89. The van der Waals surface area contributed by atoms with Gasteiger partial charge in [-0.15, -0.1) is 0 Å².